The highest BCUT2D eigenvalue weighted by molar-refractivity contribution is 6.10. The lowest BCUT2D eigenvalue weighted by Gasteiger charge is -2.29. The highest BCUT2D eigenvalue weighted by atomic mass is 16.5. The number of ether oxygens (including phenoxy) is 1. The van der Waals surface area contributed by atoms with E-state index in [4.69, 9.17) is 4.74 Å². The van der Waals surface area contributed by atoms with Crippen LogP contribution in [0.2, 0.25) is 0 Å². The smallest absolute Gasteiger partial charge is 0.325 e. The molecule has 42 heavy (non-hydrogen) atoms. The summed E-state index contributed by atoms with van der Waals surface area (Å²) >= 11 is 0. The van der Waals surface area contributed by atoms with Gasteiger partial charge in [0.2, 0.25) is 11.8 Å². The van der Waals surface area contributed by atoms with Crippen LogP contribution in [0.1, 0.15) is 111 Å². The first kappa shape index (κ1) is 37.0. The molecule has 1 rings (SSSR count). The molecule has 0 saturated heterocycles. The van der Waals surface area contributed by atoms with Crippen LogP contribution in [0.3, 0.4) is 0 Å². The van der Waals surface area contributed by atoms with Gasteiger partial charge in [-0.2, -0.15) is 0 Å². The minimum atomic E-state index is -2.45. The van der Waals surface area contributed by atoms with E-state index in [-0.39, 0.29) is 12.2 Å². The molecule has 0 aromatic carbocycles. The summed E-state index contributed by atoms with van der Waals surface area (Å²) in [5.74, 6) is -4.75. The van der Waals surface area contributed by atoms with E-state index in [0.29, 0.717) is 12.8 Å². The average Bonchev–Trinajstić information content (AvgIpc) is 2.94. The second kappa shape index (κ2) is 20.0. The van der Waals surface area contributed by atoms with Crippen LogP contribution >= 0.6 is 0 Å². The zero-order chi connectivity index (χ0) is 31.5. The number of carbonyl (C=O) groups is 5. The lowest BCUT2D eigenvalue weighted by atomic mass is 9.85. The van der Waals surface area contributed by atoms with Crippen molar-refractivity contribution >= 4 is 29.5 Å². The van der Waals surface area contributed by atoms with Gasteiger partial charge < -0.3 is 25.4 Å². The van der Waals surface area contributed by atoms with Crippen molar-refractivity contribution in [2.45, 2.75) is 122 Å². The molecule has 0 saturated carbocycles. The van der Waals surface area contributed by atoms with Gasteiger partial charge in [0, 0.05) is 18.8 Å². The fraction of sp³-hybridized carbons (Fsp3) is 0.719. The number of aliphatic hydroxyl groups is 1. The van der Waals surface area contributed by atoms with Gasteiger partial charge in [-0.25, -0.2) is 0 Å². The van der Waals surface area contributed by atoms with Crippen molar-refractivity contribution in [2.24, 2.45) is 5.92 Å². The summed E-state index contributed by atoms with van der Waals surface area (Å²) in [6.45, 7) is 7.52. The Morgan fingerprint density at radius 1 is 0.929 bits per heavy atom. The van der Waals surface area contributed by atoms with Gasteiger partial charge in [-0.15, -0.1) is 0 Å². The normalized spacial score (nSPS) is 23.4. The number of nitrogens with one attached hydrogen (secondary N) is 2. The molecule has 0 aromatic heterocycles. The van der Waals surface area contributed by atoms with Crippen LogP contribution in [0.25, 0.3) is 0 Å². The van der Waals surface area contributed by atoms with Crippen molar-refractivity contribution in [3.63, 3.8) is 0 Å². The van der Waals surface area contributed by atoms with E-state index in [1.165, 1.54) is 77.8 Å². The van der Waals surface area contributed by atoms with Gasteiger partial charge in [0.1, 0.15) is 12.6 Å². The number of esters is 1. The third-order valence-corrected chi connectivity index (χ3v) is 7.65. The number of rotatable bonds is 14. The molecule has 10 nitrogen and oxygen atoms in total. The molecule has 10 heteroatoms. The maximum atomic E-state index is 13.2. The Morgan fingerprint density at radius 3 is 2.00 bits per heavy atom. The molecular formula is C32H53N3O7. The number of amides is 3. The average molecular weight is 592 g/mol. The summed E-state index contributed by atoms with van der Waals surface area (Å²) in [5, 5.41) is 15.4. The Kier molecular flexibility index (Phi) is 17.6. The topological polar surface area (TPSA) is 142 Å². The number of carbonyl (C=O) groups excluding carboxylic acids is 5. The molecule has 1 aliphatic rings. The fourth-order valence-corrected chi connectivity index (χ4v) is 4.87. The summed E-state index contributed by atoms with van der Waals surface area (Å²) < 4.78 is 5.65. The maximum absolute atomic E-state index is 13.2. The van der Waals surface area contributed by atoms with Crippen molar-refractivity contribution in [1.29, 1.82) is 0 Å². The molecule has 0 radical (unpaired) electrons. The van der Waals surface area contributed by atoms with Gasteiger partial charge >= 0.3 is 5.97 Å². The highest BCUT2D eigenvalue weighted by Gasteiger charge is 2.44. The number of cyclic esters (lactones) is 1. The molecule has 0 aromatic rings. The molecule has 0 spiro atoms. The van der Waals surface area contributed by atoms with E-state index < -0.39 is 53.6 Å². The summed E-state index contributed by atoms with van der Waals surface area (Å²) in [6, 6.07) is 0. The third-order valence-electron chi connectivity index (χ3n) is 7.65. The molecule has 0 bridgehead atoms. The number of hydrogen-bond acceptors (Lipinski definition) is 7. The highest BCUT2D eigenvalue weighted by Crippen LogP contribution is 2.23. The number of hydrogen-bond donors (Lipinski definition) is 3. The van der Waals surface area contributed by atoms with Gasteiger partial charge in [0.05, 0.1) is 12.5 Å². The van der Waals surface area contributed by atoms with Gasteiger partial charge in [-0.05, 0) is 25.8 Å². The maximum Gasteiger partial charge on any atom is 0.325 e. The van der Waals surface area contributed by atoms with Crippen molar-refractivity contribution in [1.82, 2.24) is 15.5 Å². The standard InChI is InChI=1S/C32H53N3O7/c1-6-7-8-9-10-11-12-13-14-15-16-17-18-19-26-25(3)30(39)32(4,41)31(40)33-22-27(36)34-24(2)20-21-28(37)35(5)23-29(38)42-26/h20-21,25-26,41H,2,6-19,22-23H2,1,3-5H3,(H,33,40)(H,34,36). The van der Waals surface area contributed by atoms with Gasteiger partial charge in [-0.3, -0.25) is 24.0 Å². The van der Waals surface area contributed by atoms with E-state index in [9.17, 15) is 29.1 Å². The predicted octanol–water partition coefficient (Wildman–Crippen LogP) is 4.11. The SMILES string of the molecule is C=C1C=CC(=O)N(C)CC(=O)OC(CCCCCCCCCCCCCCC)C(C)C(=O)C(C)(O)C(=O)NCC(=O)N1. The first-order chi connectivity index (χ1) is 19.9. The second-order valence-electron chi connectivity index (χ2n) is 11.6. The van der Waals surface area contributed by atoms with Crippen molar-refractivity contribution < 1.29 is 33.8 Å². The minimum absolute atomic E-state index is 0.0808. The monoisotopic (exact) mass is 591 g/mol. The lowest BCUT2D eigenvalue weighted by Crippen LogP contribution is -2.55. The first-order valence-corrected chi connectivity index (χ1v) is 15.6. The molecule has 1 heterocycles. The number of allylic oxidation sites excluding steroid dienone is 1. The molecule has 3 amide bonds. The quantitative estimate of drug-likeness (QED) is 0.157. The Morgan fingerprint density at radius 2 is 1.45 bits per heavy atom. The Balaban J connectivity index is 2.76. The zero-order valence-corrected chi connectivity index (χ0v) is 26.2. The molecule has 0 fully saturated rings. The molecule has 3 atom stereocenters. The van der Waals surface area contributed by atoms with Gasteiger partial charge in [0.15, 0.2) is 11.4 Å². The number of Topliss-reactive ketones (excluding diaryl/α,β-unsaturated/α-hetero) is 1. The minimum Gasteiger partial charge on any atom is -0.460 e. The van der Waals surface area contributed by atoms with E-state index >= 15 is 0 Å². The van der Waals surface area contributed by atoms with Crippen LogP contribution < -0.4 is 10.6 Å². The summed E-state index contributed by atoms with van der Waals surface area (Å²) in [7, 11) is 1.42. The molecule has 3 N–H and O–H groups in total. The summed E-state index contributed by atoms with van der Waals surface area (Å²) in [5.41, 5.74) is -2.37. The van der Waals surface area contributed by atoms with Crippen LogP contribution in [0.4, 0.5) is 0 Å². The Bertz CT molecular complexity index is 944. The number of ketones is 1. The van der Waals surface area contributed by atoms with Crippen LogP contribution in [0, 0.1) is 5.92 Å². The largest absolute Gasteiger partial charge is 0.460 e. The number of likely N-dealkylation sites (N-methyl/N-ethyl adjacent to an activating group) is 1. The van der Waals surface area contributed by atoms with E-state index in [2.05, 4.69) is 24.1 Å². The van der Waals surface area contributed by atoms with E-state index in [1.54, 1.807) is 0 Å². The van der Waals surface area contributed by atoms with E-state index in [1.807, 2.05) is 0 Å². The Hall–Kier alpha value is -3.01. The fourth-order valence-electron chi connectivity index (χ4n) is 4.87. The van der Waals surface area contributed by atoms with Crippen molar-refractivity contribution in [2.75, 3.05) is 20.1 Å². The predicted molar refractivity (Wildman–Crippen MR) is 162 cm³/mol. The van der Waals surface area contributed by atoms with E-state index in [0.717, 1.165) is 37.2 Å². The first-order valence-electron chi connectivity index (χ1n) is 15.6. The number of nitrogens with zero attached hydrogens (tertiary/aromatic N) is 1. The van der Waals surface area contributed by atoms with Crippen LogP contribution in [0.5, 0.6) is 0 Å². The second-order valence-corrected chi connectivity index (χ2v) is 11.6. The molecular weight excluding hydrogens is 538 g/mol. The van der Waals surface area contributed by atoms with Crippen molar-refractivity contribution in [3.05, 3.63) is 24.4 Å². The summed E-state index contributed by atoms with van der Waals surface area (Å²) in [6.07, 6.45) is 17.2. The third kappa shape index (κ3) is 14.2. The Labute approximate surface area is 251 Å². The summed E-state index contributed by atoms with van der Waals surface area (Å²) in [4.78, 5) is 64.3. The van der Waals surface area contributed by atoms with Crippen LogP contribution in [-0.2, 0) is 28.7 Å². The van der Waals surface area contributed by atoms with Gasteiger partial charge in [-0.1, -0.05) is 97.5 Å². The molecule has 0 aliphatic carbocycles. The molecule has 238 valence electrons. The van der Waals surface area contributed by atoms with Crippen LogP contribution in [0.15, 0.2) is 24.4 Å². The van der Waals surface area contributed by atoms with Gasteiger partial charge in [0.25, 0.3) is 5.91 Å². The van der Waals surface area contributed by atoms with Crippen molar-refractivity contribution in [3.8, 4) is 0 Å². The molecule has 3 unspecified atom stereocenters. The number of unbranched alkanes of at least 4 members (excludes halogenated alkanes) is 12. The molecule has 1 aliphatic heterocycles. The van der Waals surface area contributed by atoms with Crippen LogP contribution in [-0.4, -0.2) is 71.3 Å². The lowest BCUT2D eigenvalue weighted by molar-refractivity contribution is -0.162. The zero-order valence-electron chi connectivity index (χ0n) is 26.2.